The van der Waals surface area contributed by atoms with Crippen molar-refractivity contribution >= 4 is 11.4 Å². The quantitative estimate of drug-likeness (QED) is 0.700. The Morgan fingerprint density at radius 3 is 2.64 bits per heavy atom. The van der Waals surface area contributed by atoms with Gasteiger partial charge in [0, 0.05) is 13.6 Å². The maximum absolute atomic E-state index is 3.44. The molecule has 0 bridgehead atoms. The number of hydrogen-bond donors (Lipinski definition) is 2. The van der Waals surface area contributed by atoms with Gasteiger partial charge in [-0.3, -0.25) is 0 Å². The Balaban J connectivity index is 2.67. The molecule has 1 aromatic carbocycles. The summed E-state index contributed by atoms with van der Waals surface area (Å²) >= 11 is 0. The lowest BCUT2D eigenvalue weighted by atomic mass is 10.2. The second-order valence-electron chi connectivity index (χ2n) is 3.58. The van der Waals surface area contributed by atoms with E-state index in [1.807, 2.05) is 7.05 Å². The molecule has 0 aliphatic heterocycles. The van der Waals surface area contributed by atoms with Gasteiger partial charge in [-0.2, -0.15) is 0 Å². The highest BCUT2D eigenvalue weighted by molar-refractivity contribution is 5.69. The van der Waals surface area contributed by atoms with Crippen LogP contribution in [0.1, 0.15) is 25.3 Å². The molecule has 0 atom stereocenters. The minimum atomic E-state index is 1.05. The summed E-state index contributed by atoms with van der Waals surface area (Å²) in [5.74, 6) is 0. The Morgan fingerprint density at radius 1 is 1.21 bits per heavy atom. The zero-order valence-corrected chi connectivity index (χ0v) is 9.35. The van der Waals surface area contributed by atoms with Gasteiger partial charge in [0.25, 0.3) is 0 Å². The molecule has 0 spiro atoms. The Kier molecular flexibility index (Phi) is 4.30. The van der Waals surface area contributed by atoms with Crippen LogP contribution in [-0.4, -0.2) is 13.6 Å². The van der Waals surface area contributed by atoms with Crippen molar-refractivity contribution in [1.82, 2.24) is 0 Å². The summed E-state index contributed by atoms with van der Waals surface area (Å²) in [6, 6.07) is 6.42. The minimum Gasteiger partial charge on any atom is -0.386 e. The van der Waals surface area contributed by atoms with Gasteiger partial charge in [0.05, 0.1) is 11.4 Å². The van der Waals surface area contributed by atoms with Gasteiger partial charge in [-0.15, -0.1) is 0 Å². The van der Waals surface area contributed by atoms with Crippen molar-refractivity contribution in [1.29, 1.82) is 0 Å². The van der Waals surface area contributed by atoms with E-state index in [0.717, 1.165) is 6.54 Å². The third-order valence-electron chi connectivity index (χ3n) is 2.29. The van der Waals surface area contributed by atoms with Crippen molar-refractivity contribution in [3.63, 3.8) is 0 Å². The van der Waals surface area contributed by atoms with Crippen LogP contribution in [0.4, 0.5) is 11.4 Å². The van der Waals surface area contributed by atoms with E-state index in [4.69, 9.17) is 0 Å². The first-order chi connectivity index (χ1) is 6.77. The lowest BCUT2D eigenvalue weighted by Gasteiger charge is -2.12. The van der Waals surface area contributed by atoms with Crippen LogP contribution in [0.5, 0.6) is 0 Å². The van der Waals surface area contributed by atoms with Crippen molar-refractivity contribution in [2.45, 2.75) is 26.7 Å². The van der Waals surface area contributed by atoms with Gasteiger partial charge >= 0.3 is 0 Å². The molecule has 0 aliphatic carbocycles. The van der Waals surface area contributed by atoms with Crippen LogP contribution < -0.4 is 10.6 Å². The first kappa shape index (κ1) is 10.9. The number of hydrogen-bond acceptors (Lipinski definition) is 2. The molecule has 0 aromatic heterocycles. The Labute approximate surface area is 86.7 Å². The topological polar surface area (TPSA) is 24.1 Å². The maximum Gasteiger partial charge on any atom is 0.0578 e. The monoisotopic (exact) mass is 192 g/mol. The molecule has 0 aliphatic rings. The fourth-order valence-corrected chi connectivity index (χ4v) is 1.42. The van der Waals surface area contributed by atoms with E-state index < -0.39 is 0 Å². The van der Waals surface area contributed by atoms with E-state index in [-0.39, 0.29) is 0 Å². The van der Waals surface area contributed by atoms with Gasteiger partial charge < -0.3 is 10.6 Å². The highest BCUT2D eigenvalue weighted by Crippen LogP contribution is 2.22. The summed E-state index contributed by atoms with van der Waals surface area (Å²) in [6.45, 7) is 5.37. The third-order valence-corrected chi connectivity index (χ3v) is 2.29. The molecule has 14 heavy (non-hydrogen) atoms. The molecule has 2 nitrogen and oxygen atoms in total. The van der Waals surface area contributed by atoms with E-state index in [1.165, 1.54) is 29.8 Å². The minimum absolute atomic E-state index is 1.05. The predicted octanol–water partition coefficient (Wildman–Crippen LogP) is 3.25. The van der Waals surface area contributed by atoms with Crippen LogP contribution in [0.15, 0.2) is 18.2 Å². The molecule has 0 radical (unpaired) electrons. The van der Waals surface area contributed by atoms with E-state index in [0.29, 0.717) is 0 Å². The molecule has 0 saturated carbocycles. The molecule has 0 amide bonds. The van der Waals surface area contributed by atoms with Crippen LogP contribution in [-0.2, 0) is 0 Å². The average molecular weight is 192 g/mol. The maximum atomic E-state index is 3.44. The van der Waals surface area contributed by atoms with Crippen molar-refractivity contribution in [2.24, 2.45) is 0 Å². The number of anilines is 2. The van der Waals surface area contributed by atoms with Crippen LogP contribution in [0.25, 0.3) is 0 Å². The molecular weight excluding hydrogens is 172 g/mol. The summed E-state index contributed by atoms with van der Waals surface area (Å²) in [6.07, 6.45) is 2.45. The molecule has 78 valence electrons. The van der Waals surface area contributed by atoms with E-state index in [2.05, 4.69) is 42.7 Å². The number of rotatable bonds is 5. The average Bonchev–Trinajstić information content (AvgIpc) is 2.19. The predicted molar refractivity (Wildman–Crippen MR) is 64.1 cm³/mol. The summed E-state index contributed by atoms with van der Waals surface area (Å²) in [5, 5.41) is 6.63. The van der Waals surface area contributed by atoms with E-state index in [9.17, 15) is 0 Å². The zero-order valence-electron chi connectivity index (χ0n) is 9.35. The van der Waals surface area contributed by atoms with Crippen LogP contribution >= 0.6 is 0 Å². The van der Waals surface area contributed by atoms with Gasteiger partial charge in [0.15, 0.2) is 0 Å². The fraction of sp³-hybridized carbons (Fsp3) is 0.500. The smallest absolute Gasteiger partial charge is 0.0578 e. The third kappa shape index (κ3) is 2.95. The van der Waals surface area contributed by atoms with Gasteiger partial charge in [-0.05, 0) is 31.0 Å². The summed E-state index contributed by atoms with van der Waals surface area (Å²) in [4.78, 5) is 0. The fourth-order valence-electron chi connectivity index (χ4n) is 1.42. The SMILES string of the molecule is CCCCNc1cc(C)ccc1NC. The Hall–Kier alpha value is -1.18. The molecule has 1 aromatic rings. The second kappa shape index (κ2) is 5.53. The number of benzene rings is 1. The Bertz CT molecular complexity index is 282. The van der Waals surface area contributed by atoms with Crippen molar-refractivity contribution in [3.05, 3.63) is 23.8 Å². The highest BCUT2D eigenvalue weighted by Gasteiger charge is 1.99. The van der Waals surface area contributed by atoms with Gasteiger partial charge in [0.1, 0.15) is 0 Å². The second-order valence-corrected chi connectivity index (χ2v) is 3.58. The Morgan fingerprint density at radius 2 is 2.00 bits per heavy atom. The molecule has 0 heterocycles. The van der Waals surface area contributed by atoms with Crippen molar-refractivity contribution in [2.75, 3.05) is 24.2 Å². The molecule has 0 fully saturated rings. The van der Waals surface area contributed by atoms with E-state index in [1.54, 1.807) is 0 Å². The summed E-state index contributed by atoms with van der Waals surface area (Å²) in [5.41, 5.74) is 3.68. The van der Waals surface area contributed by atoms with Crippen molar-refractivity contribution < 1.29 is 0 Å². The number of aryl methyl sites for hydroxylation is 1. The van der Waals surface area contributed by atoms with E-state index >= 15 is 0 Å². The highest BCUT2D eigenvalue weighted by atomic mass is 14.9. The largest absolute Gasteiger partial charge is 0.386 e. The first-order valence-electron chi connectivity index (χ1n) is 5.30. The normalized spacial score (nSPS) is 9.93. The van der Waals surface area contributed by atoms with Crippen LogP contribution in [0, 0.1) is 6.92 Å². The first-order valence-corrected chi connectivity index (χ1v) is 5.30. The number of unbranched alkanes of at least 4 members (excludes halogenated alkanes) is 1. The van der Waals surface area contributed by atoms with Gasteiger partial charge in [-0.25, -0.2) is 0 Å². The van der Waals surface area contributed by atoms with Gasteiger partial charge in [0.2, 0.25) is 0 Å². The van der Waals surface area contributed by atoms with Crippen LogP contribution in [0.3, 0.4) is 0 Å². The standard InChI is InChI=1S/C12H20N2/c1-4-5-8-14-12-9-10(2)6-7-11(12)13-3/h6-7,9,13-14H,4-5,8H2,1-3H3. The number of nitrogens with one attached hydrogen (secondary N) is 2. The van der Waals surface area contributed by atoms with Gasteiger partial charge in [-0.1, -0.05) is 19.4 Å². The molecule has 2 N–H and O–H groups in total. The molecule has 0 saturated heterocycles. The molecule has 2 heteroatoms. The zero-order chi connectivity index (χ0) is 10.4. The molecule has 1 rings (SSSR count). The molecular formula is C12H20N2. The summed E-state index contributed by atoms with van der Waals surface area (Å²) in [7, 11) is 1.95. The van der Waals surface area contributed by atoms with Crippen molar-refractivity contribution in [3.8, 4) is 0 Å². The van der Waals surface area contributed by atoms with Crippen LogP contribution in [0.2, 0.25) is 0 Å². The lowest BCUT2D eigenvalue weighted by Crippen LogP contribution is -2.04. The lowest BCUT2D eigenvalue weighted by molar-refractivity contribution is 0.834. The molecule has 0 unspecified atom stereocenters. The summed E-state index contributed by atoms with van der Waals surface area (Å²) < 4.78 is 0.